The van der Waals surface area contributed by atoms with Crippen LogP contribution in [0, 0.1) is 18.3 Å². The molecular weight excluding hydrogens is 369 g/mol. The monoisotopic (exact) mass is 379 g/mol. The summed E-state index contributed by atoms with van der Waals surface area (Å²) < 4.78 is 6.62. The summed E-state index contributed by atoms with van der Waals surface area (Å²) in [5.41, 5.74) is 1.57. The topological polar surface area (TPSA) is 67.9 Å². The van der Waals surface area contributed by atoms with Crippen LogP contribution in [0.15, 0.2) is 24.3 Å². The second-order valence-electron chi connectivity index (χ2n) is 5.01. The second kappa shape index (κ2) is 6.81. The van der Waals surface area contributed by atoms with E-state index in [1.54, 1.807) is 35.0 Å². The number of rotatable bonds is 4. The summed E-state index contributed by atoms with van der Waals surface area (Å²) >= 11 is 13.7. The molecule has 0 saturated carbocycles. The summed E-state index contributed by atoms with van der Waals surface area (Å²) in [5.74, 6) is -0.514. The molecule has 8 heteroatoms. The lowest BCUT2D eigenvalue weighted by Gasteiger charge is -2.07. The van der Waals surface area contributed by atoms with Crippen LogP contribution in [0.1, 0.15) is 20.9 Å². The fourth-order valence-electron chi connectivity index (χ4n) is 2.32. The molecule has 3 aromatic rings. The summed E-state index contributed by atoms with van der Waals surface area (Å²) in [6.07, 6.45) is 0. The molecule has 0 spiro atoms. The first-order chi connectivity index (χ1) is 11.5. The number of ether oxygens (including phenoxy) is 1. The van der Waals surface area contributed by atoms with Gasteiger partial charge in [0.05, 0.1) is 12.2 Å². The molecule has 1 aromatic carbocycles. The first kappa shape index (κ1) is 16.8. The lowest BCUT2D eigenvalue weighted by atomic mass is 10.2. The molecule has 0 fully saturated rings. The van der Waals surface area contributed by atoms with Crippen molar-refractivity contribution < 1.29 is 9.53 Å². The molecule has 3 rings (SSSR count). The van der Waals surface area contributed by atoms with Crippen LogP contribution in [-0.2, 0) is 11.3 Å². The highest BCUT2D eigenvalue weighted by atomic mass is 35.5. The molecule has 0 N–H and O–H groups in total. The number of fused-ring (bicyclic) bond motifs is 1. The molecule has 0 aliphatic carbocycles. The highest BCUT2D eigenvalue weighted by Crippen LogP contribution is 2.31. The van der Waals surface area contributed by atoms with Gasteiger partial charge in [-0.05, 0) is 25.1 Å². The third-order valence-electron chi connectivity index (χ3n) is 3.45. The van der Waals surface area contributed by atoms with Crippen molar-refractivity contribution in [3.63, 3.8) is 0 Å². The van der Waals surface area contributed by atoms with Gasteiger partial charge in [-0.2, -0.15) is 10.4 Å². The van der Waals surface area contributed by atoms with Crippen molar-refractivity contribution in [2.45, 2.75) is 13.5 Å². The first-order valence-electron chi connectivity index (χ1n) is 6.95. The molecule has 0 aliphatic rings. The smallest absolute Gasteiger partial charge is 0.349 e. The average molecular weight is 380 g/mol. The minimum Gasteiger partial charge on any atom is -0.446 e. The van der Waals surface area contributed by atoms with Crippen molar-refractivity contribution in [3.8, 4) is 6.07 Å². The van der Waals surface area contributed by atoms with Crippen LogP contribution in [0.5, 0.6) is 0 Å². The normalized spacial score (nSPS) is 10.8. The van der Waals surface area contributed by atoms with E-state index in [2.05, 4.69) is 5.10 Å². The van der Waals surface area contributed by atoms with Crippen molar-refractivity contribution >= 4 is 50.7 Å². The Balaban J connectivity index is 1.99. The molecule has 122 valence electrons. The maximum Gasteiger partial charge on any atom is 0.349 e. The fraction of sp³-hybridized carbons (Fsp3) is 0.188. The summed E-state index contributed by atoms with van der Waals surface area (Å²) in [4.78, 5) is 13.2. The minimum absolute atomic E-state index is 0.270. The Hall–Kier alpha value is -2.07. The van der Waals surface area contributed by atoms with Gasteiger partial charge in [-0.3, -0.25) is 0 Å². The molecule has 24 heavy (non-hydrogen) atoms. The molecule has 0 aliphatic heterocycles. The Morgan fingerprint density at radius 3 is 2.79 bits per heavy atom. The van der Waals surface area contributed by atoms with Crippen LogP contribution in [0.2, 0.25) is 10.0 Å². The van der Waals surface area contributed by atoms with Gasteiger partial charge < -0.3 is 4.74 Å². The lowest BCUT2D eigenvalue weighted by molar-refractivity contribution is 0.0561. The van der Waals surface area contributed by atoms with Crippen LogP contribution in [-0.4, -0.2) is 22.4 Å². The van der Waals surface area contributed by atoms with Crippen molar-refractivity contribution in [2.24, 2.45) is 0 Å². The molecule has 2 aromatic heterocycles. The lowest BCUT2D eigenvalue weighted by Crippen LogP contribution is -2.04. The quantitative estimate of drug-likeness (QED) is 0.628. The first-order valence-corrected chi connectivity index (χ1v) is 8.52. The number of nitrogens with zero attached hydrogens (tertiary/aromatic N) is 3. The predicted octanol–water partition coefficient (Wildman–Crippen LogP) is 4.44. The Labute approximate surface area is 152 Å². The summed E-state index contributed by atoms with van der Waals surface area (Å²) in [6, 6.07) is 8.84. The highest BCUT2D eigenvalue weighted by Gasteiger charge is 2.18. The van der Waals surface area contributed by atoms with Gasteiger partial charge in [0.1, 0.15) is 15.8 Å². The van der Waals surface area contributed by atoms with Crippen LogP contribution >= 0.6 is 34.5 Å². The zero-order chi connectivity index (χ0) is 17.3. The number of carbonyl (C=O) groups is 1. The van der Waals surface area contributed by atoms with E-state index in [0.29, 0.717) is 21.5 Å². The zero-order valence-electron chi connectivity index (χ0n) is 12.5. The third kappa shape index (κ3) is 3.11. The van der Waals surface area contributed by atoms with Gasteiger partial charge in [0, 0.05) is 21.0 Å². The van der Waals surface area contributed by atoms with Crippen molar-refractivity contribution in [3.05, 3.63) is 50.4 Å². The molecule has 0 saturated heterocycles. The fourth-order valence-corrected chi connectivity index (χ4v) is 3.89. The molecule has 0 bridgehead atoms. The number of aryl methyl sites for hydroxylation is 1. The highest BCUT2D eigenvalue weighted by molar-refractivity contribution is 7.20. The predicted molar refractivity (Wildman–Crippen MR) is 93.8 cm³/mol. The SMILES string of the molecule is Cc1nn(Cc2c(Cl)cccc2Cl)c2sc(C(=O)OCC#N)cc12. The van der Waals surface area contributed by atoms with E-state index in [4.69, 9.17) is 33.2 Å². The number of carbonyl (C=O) groups excluding carboxylic acids is 1. The molecule has 2 heterocycles. The zero-order valence-corrected chi connectivity index (χ0v) is 14.9. The molecule has 0 unspecified atom stereocenters. The van der Waals surface area contributed by atoms with E-state index in [-0.39, 0.29) is 6.61 Å². The van der Waals surface area contributed by atoms with Crippen LogP contribution in [0.4, 0.5) is 0 Å². The summed E-state index contributed by atoms with van der Waals surface area (Å²) in [5, 5.41) is 15.0. The van der Waals surface area contributed by atoms with Gasteiger partial charge in [0.15, 0.2) is 6.61 Å². The van der Waals surface area contributed by atoms with Gasteiger partial charge in [-0.25, -0.2) is 9.48 Å². The summed E-state index contributed by atoms with van der Waals surface area (Å²) in [7, 11) is 0. The number of halogens is 2. The largest absolute Gasteiger partial charge is 0.446 e. The van der Waals surface area contributed by atoms with Gasteiger partial charge >= 0.3 is 5.97 Å². The van der Waals surface area contributed by atoms with E-state index in [1.165, 1.54) is 11.3 Å². The Morgan fingerprint density at radius 2 is 2.12 bits per heavy atom. The maximum absolute atomic E-state index is 11.9. The molecule has 0 amide bonds. The number of nitriles is 1. The van der Waals surface area contributed by atoms with E-state index in [9.17, 15) is 4.79 Å². The van der Waals surface area contributed by atoms with E-state index >= 15 is 0 Å². The number of aromatic nitrogens is 2. The molecule has 5 nitrogen and oxygen atoms in total. The van der Waals surface area contributed by atoms with Crippen LogP contribution in [0.25, 0.3) is 10.2 Å². The number of thiophene rings is 1. The van der Waals surface area contributed by atoms with Crippen molar-refractivity contribution in [2.75, 3.05) is 6.61 Å². The van der Waals surface area contributed by atoms with Crippen LogP contribution < -0.4 is 0 Å². The van der Waals surface area contributed by atoms with Gasteiger partial charge in [0.2, 0.25) is 0 Å². The number of hydrogen-bond donors (Lipinski definition) is 0. The maximum atomic E-state index is 11.9. The van der Waals surface area contributed by atoms with Crippen molar-refractivity contribution in [1.29, 1.82) is 5.26 Å². The van der Waals surface area contributed by atoms with Gasteiger partial charge in [0.25, 0.3) is 0 Å². The molecule has 0 atom stereocenters. The molecular formula is C16H11Cl2N3O2S. The van der Waals surface area contributed by atoms with Gasteiger partial charge in [-0.1, -0.05) is 29.3 Å². The van der Waals surface area contributed by atoms with E-state index in [0.717, 1.165) is 21.5 Å². The van der Waals surface area contributed by atoms with Crippen molar-refractivity contribution in [1.82, 2.24) is 9.78 Å². The van der Waals surface area contributed by atoms with Gasteiger partial charge in [-0.15, -0.1) is 11.3 Å². The standard InChI is InChI=1S/C16H11Cl2N3O2S/c1-9-10-7-14(16(22)23-6-5-19)24-15(10)21(20-9)8-11-12(17)3-2-4-13(11)18/h2-4,7H,6,8H2,1H3. The van der Waals surface area contributed by atoms with E-state index < -0.39 is 5.97 Å². The Morgan fingerprint density at radius 1 is 1.42 bits per heavy atom. The molecule has 0 radical (unpaired) electrons. The van der Waals surface area contributed by atoms with E-state index in [1.807, 2.05) is 6.92 Å². The van der Waals surface area contributed by atoms with Crippen LogP contribution in [0.3, 0.4) is 0 Å². The average Bonchev–Trinajstić information content (AvgIpc) is 3.10. The second-order valence-corrected chi connectivity index (χ2v) is 6.85. The Kier molecular flexibility index (Phi) is 4.76. The number of benzene rings is 1. The Bertz CT molecular complexity index is 952. The third-order valence-corrected chi connectivity index (χ3v) is 5.28. The number of esters is 1. The summed E-state index contributed by atoms with van der Waals surface area (Å²) in [6.45, 7) is 1.99. The minimum atomic E-state index is -0.514. The number of hydrogen-bond acceptors (Lipinski definition) is 5.